The summed E-state index contributed by atoms with van der Waals surface area (Å²) in [6.45, 7) is 2.58. The largest absolute Gasteiger partial charge is 0.463 e. The zero-order valence-corrected chi connectivity index (χ0v) is 10.7. The number of aliphatic hydroxyl groups excluding tert-OH is 1. The van der Waals surface area contributed by atoms with E-state index in [0.29, 0.717) is 18.3 Å². The Morgan fingerprint density at radius 3 is 2.82 bits per heavy atom. The summed E-state index contributed by atoms with van der Waals surface area (Å²) in [6, 6.07) is 2.03. The van der Waals surface area contributed by atoms with E-state index in [1.165, 1.54) is 0 Å². The van der Waals surface area contributed by atoms with Gasteiger partial charge in [-0.05, 0) is 32.3 Å². The van der Waals surface area contributed by atoms with E-state index >= 15 is 0 Å². The van der Waals surface area contributed by atoms with Crippen LogP contribution in [0.15, 0.2) is 6.07 Å². The Morgan fingerprint density at radius 1 is 1.41 bits per heavy atom. The highest BCUT2D eigenvalue weighted by atomic mass is 32.1. The van der Waals surface area contributed by atoms with Gasteiger partial charge in [0.25, 0.3) is 0 Å². The van der Waals surface area contributed by atoms with E-state index < -0.39 is 0 Å². The summed E-state index contributed by atoms with van der Waals surface area (Å²) in [7, 11) is 0. The van der Waals surface area contributed by atoms with Crippen LogP contribution in [0, 0.1) is 6.92 Å². The molecule has 0 aliphatic heterocycles. The third-order valence-electron chi connectivity index (χ3n) is 2.12. The molecule has 1 heterocycles. The van der Waals surface area contributed by atoms with E-state index in [-0.39, 0.29) is 11.6 Å². The van der Waals surface area contributed by atoms with Crippen LogP contribution >= 0.6 is 12.2 Å². The third kappa shape index (κ3) is 5.06. The lowest BCUT2D eigenvalue weighted by atomic mass is 10.2. The van der Waals surface area contributed by atoms with Crippen LogP contribution in [-0.4, -0.2) is 33.3 Å². The average molecular weight is 255 g/mol. The molecule has 94 valence electrons. The molecule has 1 aromatic heterocycles. The molecule has 0 aliphatic carbocycles. The van der Waals surface area contributed by atoms with E-state index in [0.717, 1.165) is 25.0 Å². The number of rotatable bonds is 7. The Morgan fingerprint density at radius 2 is 2.18 bits per heavy atom. The van der Waals surface area contributed by atoms with Crippen molar-refractivity contribution in [1.29, 1.82) is 0 Å². The highest BCUT2D eigenvalue weighted by Gasteiger charge is 2.05. The van der Waals surface area contributed by atoms with E-state index in [9.17, 15) is 0 Å². The number of thiocarbonyl (C=S) groups is 1. The van der Waals surface area contributed by atoms with Gasteiger partial charge in [0.1, 0.15) is 10.7 Å². The lowest BCUT2D eigenvalue weighted by molar-refractivity contribution is 0.257. The molecule has 3 N–H and O–H groups in total. The average Bonchev–Trinajstić information content (AvgIpc) is 2.28. The molecule has 0 atom stereocenters. The molecule has 0 spiro atoms. The second-order valence-corrected chi connectivity index (χ2v) is 4.11. The van der Waals surface area contributed by atoms with Gasteiger partial charge in [-0.2, -0.15) is 4.98 Å². The molecule has 17 heavy (non-hydrogen) atoms. The molecular weight excluding hydrogens is 238 g/mol. The lowest BCUT2D eigenvalue weighted by Crippen LogP contribution is -2.14. The Hall–Kier alpha value is -1.27. The number of aliphatic hydroxyl groups is 1. The molecule has 0 unspecified atom stereocenters. The molecule has 0 fully saturated rings. The molecule has 0 aliphatic rings. The molecule has 6 heteroatoms. The van der Waals surface area contributed by atoms with Crippen LogP contribution in [0.25, 0.3) is 0 Å². The number of hydrogen-bond acceptors (Lipinski definition) is 5. The summed E-state index contributed by atoms with van der Waals surface area (Å²) >= 11 is 4.86. The Bertz CT molecular complexity index is 385. The Labute approximate surface area is 106 Å². The molecule has 5 nitrogen and oxygen atoms in total. The van der Waals surface area contributed by atoms with Crippen LogP contribution in [0.4, 0.5) is 0 Å². The van der Waals surface area contributed by atoms with Crippen molar-refractivity contribution in [2.45, 2.75) is 26.2 Å². The topological polar surface area (TPSA) is 81.3 Å². The molecule has 1 aromatic rings. The van der Waals surface area contributed by atoms with Gasteiger partial charge in [-0.15, -0.1) is 0 Å². The van der Waals surface area contributed by atoms with Gasteiger partial charge in [0.2, 0.25) is 0 Å². The van der Waals surface area contributed by atoms with Gasteiger partial charge in [-0.25, -0.2) is 4.98 Å². The normalized spacial score (nSPS) is 10.2. The minimum atomic E-state index is 0.215. The summed E-state index contributed by atoms with van der Waals surface area (Å²) in [5.41, 5.74) is 6.80. The van der Waals surface area contributed by atoms with Gasteiger partial charge in [0.05, 0.1) is 6.61 Å². The predicted octanol–water partition coefficient (Wildman–Crippen LogP) is 0.961. The maximum absolute atomic E-state index is 8.62. The van der Waals surface area contributed by atoms with E-state index in [1.54, 1.807) is 6.07 Å². The fraction of sp³-hybridized carbons (Fsp3) is 0.545. The van der Waals surface area contributed by atoms with Crippen LogP contribution in [0.3, 0.4) is 0 Å². The van der Waals surface area contributed by atoms with Crippen molar-refractivity contribution in [1.82, 2.24) is 9.97 Å². The fourth-order valence-corrected chi connectivity index (χ4v) is 1.39. The number of aromatic nitrogens is 2. The van der Waals surface area contributed by atoms with E-state index in [4.69, 9.17) is 27.8 Å². The minimum absolute atomic E-state index is 0.215. The van der Waals surface area contributed by atoms with Crippen molar-refractivity contribution in [2.75, 3.05) is 13.2 Å². The standard InChI is InChI=1S/C11H17N3O2S/c1-8-7-9(10(12)17)14-11(13-8)16-6-4-2-3-5-15/h7,15H,2-6H2,1H3,(H2,12,17). The lowest BCUT2D eigenvalue weighted by Gasteiger charge is -2.06. The van der Waals surface area contributed by atoms with Gasteiger partial charge in [-0.1, -0.05) is 12.2 Å². The van der Waals surface area contributed by atoms with Crippen molar-refractivity contribution in [2.24, 2.45) is 5.73 Å². The van der Waals surface area contributed by atoms with Crippen LogP contribution in [0.2, 0.25) is 0 Å². The van der Waals surface area contributed by atoms with E-state index in [2.05, 4.69) is 9.97 Å². The molecule has 0 saturated carbocycles. The molecule has 0 amide bonds. The summed E-state index contributed by atoms with van der Waals surface area (Å²) in [4.78, 5) is 8.47. The zero-order chi connectivity index (χ0) is 12.7. The molecule has 0 aromatic carbocycles. The quantitative estimate of drug-likeness (QED) is 0.558. The van der Waals surface area contributed by atoms with Gasteiger partial charge < -0.3 is 15.6 Å². The second-order valence-electron chi connectivity index (χ2n) is 3.67. The number of nitrogens with two attached hydrogens (primary N) is 1. The smallest absolute Gasteiger partial charge is 0.317 e. The minimum Gasteiger partial charge on any atom is -0.463 e. The number of ether oxygens (including phenoxy) is 1. The first-order chi connectivity index (χ1) is 8.13. The SMILES string of the molecule is Cc1cc(C(N)=S)nc(OCCCCCO)n1. The van der Waals surface area contributed by atoms with Crippen molar-refractivity contribution < 1.29 is 9.84 Å². The van der Waals surface area contributed by atoms with Crippen molar-refractivity contribution >= 4 is 17.2 Å². The van der Waals surface area contributed by atoms with Crippen molar-refractivity contribution in [3.8, 4) is 6.01 Å². The summed E-state index contributed by atoms with van der Waals surface area (Å²) < 4.78 is 5.41. The number of aryl methyl sites for hydroxylation is 1. The van der Waals surface area contributed by atoms with Gasteiger partial charge in [0, 0.05) is 12.3 Å². The Kier molecular flexibility index (Phi) is 5.79. The van der Waals surface area contributed by atoms with Gasteiger partial charge in [0.15, 0.2) is 0 Å². The van der Waals surface area contributed by atoms with Crippen molar-refractivity contribution in [3.05, 3.63) is 17.5 Å². The predicted molar refractivity (Wildman–Crippen MR) is 69.1 cm³/mol. The highest BCUT2D eigenvalue weighted by molar-refractivity contribution is 7.80. The second kappa shape index (κ2) is 7.13. The monoisotopic (exact) mass is 255 g/mol. The molecule has 0 saturated heterocycles. The Balaban J connectivity index is 2.50. The summed E-state index contributed by atoms with van der Waals surface area (Å²) in [5.74, 6) is 0. The summed E-state index contributed by atoms with van der Waals surface area (Å²) in [6.07, 6.45) is 2.57. The van der Waals surface area contributed by atoms with Crippen LogP contribution in [0.1, 0.15) is 30.7 Å². The number of unbranched alkanes of at least 4 members (excludes halogenated alkanes) is 2. The van der Waals surface area contributed by atoms with E-state index in [1.807, 2.05) is 6.92 Å². The number of hydrogen-bond donors (Lipinski definition) is 2. The first kappa shape index (κ1) is 13.8. The maximum atomic E-state index is 8.62. The van der Waals surface area contributed by atoms with Crippen LogP contribution in [-0.2, 0) is 0 Å². The molecule has 0 radical (unpaired) electrons. The third-order valence-corrected chi connectivity index (χ3v) is 2.33. The zero-order valence-electron chi connectivity index (χ0n) is 9.85. The van der Waals surface area contributed by atoms with Crippen LogP contribution < -0.4 is 10.5 Å². The molecule has 1 rings (SSSR count). The fourth-order valence-electron chi connectivity index (χ4n) is 1.29. The van der Waals surface area contributed by atoms with Crippen molar-refractivity contribution in [3.63, 3.8) is 0 Å². The first-order valence-corrected chi connectivity index (χ1v) is 5.93. The number of nitrogens with zero attached hydrogens (tertiary/aromatic N) is 2. The van der Waals surface area contributed by atoms with Gasteiger partial charge >= 0.3 is 6.01 Å². The first-order valence-electron chi connectivity index (χ1n) is 5.52. The van der Waals surface area contributed by atoms with Crippen LogP contribution in [0.5, 0.6) is 6.01 Å². The van der Waals surface area contributed by atoms with Gasteiger partial charge in [-0.3, -0.25) is 0 Å². The molecular formula is C11H17N3O2S. The molecule has 0 bridgehead atoms. The maximum Gasteiger partial charge on any atom is 0.317 e. The highest BCUT2D eigenvalue weighted by Crippen LogP contribution is 2.08. The summed E-state index contributed by atoms with van der Waals surface area (Å²) in [5, 5.41) is 8.62.